The minimum absolute atomic E-state index is 0.00868. The Morgan fingerprint density at radius 2 is 1.59 bits per heavy atom. The van der Waals surface area contributed by atoms with E-state index in [-0.39, 0.29) is 11.8 Å². The lowest BCUT2D eigenvalue weighted by Gasteiger charge is -2.19. The van der Waals surface area contributed by atoms with Gasteiger partial charge in [-0.25, -0.2) is 0 Å². The molecule has 0 spiro atoms. The summed E-state index contributed by atoms with van der Waals surface area (Å²) in [6.45, 7) is 7.95. The molecule has 5 nitrogen and oxygen atoms in total. The van der Waals surface area contributed by atoms with Crippen LogP contribution < -0.4 is 10.6 Å². The van der Waals surface area contributed by atoms with E-state index in [1.54, 1.807) is 24.3 Å². The summed E-state index contributed by atoms with van der Waals surface area (Å²) in [6, 6.07) is 7.12. The number of benzene rings is 1. The normalized spacial score (nSPS) is 10.5. The molecular formula is C17H27N3O2. The number of rotatable bonds is 9. The molecule has 122 valence electrons. The van der Waals surface area contributed by atoms with Gasteiger partial charge in [-0.15, -0.1) is 0 Å². The van der Waals surface area contributed by atoms with E-state index in [2.05, 4.69) is 29.4 Å². The standard InChI is InChI=1S/C17H27N3O2/c1-4-6-7-12-20(5-2)13-17(22)19-16-10-8-15(9-11-16)18-14(3)21/h8-11H,4-7,12-13H2,1-3H3,(H,18,21)(H,19,22). The summed E-state index contributed by atoms with van der Waals surface area (Å²) < 4.78 is 0. The van der Waals surface area contributed by atoms with Gasteiger partial charge in [0.15, 0.2) is 0 Å². The summed E-state index contributed by atoms with van der Waals surface area (Å²) in [4.78, 5) is 25.2. The average Bonchev–Trinajstić information content (AvgIpc) is 2.48. The fraction of sp³-hybridized carbons (Fsp3) is 0.529. The van der Waals surface area contributed by atoms with Crippen LogP contribution in [0.3, 0.4) is 0 Å². The van der Waals surface area contributed by atoms with Gasteiger partial charge in [0, 0.05) is 18.3 Å². The van der Waals surface area contributed by atoms with Gasteiger partial charge in [-0.1, -0.05) is 26.7 Å². The Morgan fingerprint density at radius 3 is 2.09 bits per heavy atom. The molecule has 22 heavy (non-hydrogen) atoms. The quantitative estimate of drug-likeness (QED) is 0.689. The lowest BCUT2D eigenvalue weighted by Crippen LogP contribution is -2.33. The van der Waals surface area contributed by atoms with Gasteiger partial charge in [-0.2, -0.15) is 0 Å². The number of amides is 2. The first-order valence-electron chi connectivity index (χ1n) is 7.95. The number of anilines is 2. The van der Waals surface area contributed by atoms with Crippen LogP contribution in [0.2, 0.25) is 0 Å². The number of carbonyl (C=O) groups is 2. The minimum Gasteiger partial charge on any atom is -0.326 e. The summed E-state index contributed by atoms with van der Waals surface area (Å²) in [7, 11) is 0. The maximum absolute atomic E-state index is 12.1. The van der Waals surface area contributed by atoms with E-state index in [4.69, 9.17) is 0 Å². The molecule has 0 aromatic heterocycles. The van der Waals surface area contributed by atoms with Gasteiger partial charge in [-0.05, 0) is 43.8 Å². The van der Waals surface area contributed by atoms with Crippen molar-refractivity contribution in [3.8, 4) is 0 Å². The van der Waals surface area contributed by atoms with Crippen molar-refractivity contribution in [2.24, 2.45) is 0 Å². The van der Waals surface area contributed by atoms with Crippen molar-refractivity contribution in [3.05, 3.63) is 24.3 Å². The van der Waals surface area contributed by atoms with E-state index in [1.165, 1.54) is 19.8 Å². The number of likely N-dealkylation sites (N-methyl/N-ethyl adjacent to an activating group) is 1. The Balaban J connectivity index is 2.44. The number of carbonyl (C=O) groups excluding carboxylic acids is 2. The minimum atomic E-state index is -0.109. The Labute approximate surface area is 133 Å². The highest BCUT2D eigenvalue weighted by Gasteiger charge is 2.09. The summed E-state index contributed by atoms with van der Waals surface area (Å²) in [5.74, 6) is -0.118. The van der Waals surface area contributed by atoms with Gasteiger partial charge >= 0.3 is 0 Å². The molecule has 0 aliphatic rings. The SMILES string of the molecule is CCCCCN(CC)CC(=O)Nc1ccc(NC(C)=O)cc1. The van der Waals surface area contributed by atoms with Crippen molar-refractivity contribution in [1.29, 1.82) is 0 Å². The van der Waals surface area contributed by atoms with E-state index >= 15 is 0 Å². The summed E-state index contributed by atoms with van der Waals surface area (Å²) in [6.07, 6.45) is 3.51. The highest BCUT2D eigenvalue weighted by Crippen LogP contribution is 2.13. The Bertz CT molecular complexity index is 471. The molecule has 0 saturated carbocycles. The third kappa shape index (κ3) is 7.22. The first-order chi connectivity index (χ1) is 10.5. The van der Waals surface area contributed by atoms with Crippen LogP contribution in [-0.4, -0.2) is 36.3 Å². The molecule has 1 rings (SSSR count). The lowest BCUT2D eigenvalue weighted by molar-refractivity contribution is -0.117. The molecule has 0 heterocycles. The average molecular weight is 305 g/mol. The number of hydrogen-bond acceptors (Lipinski definition) is 3. The van der Waals surface area contributed by atoms with Gasteiger partial charge in [0.25, 0.3) is 0 Å². The molecule has 0 atom stereocenters. The van der Waals surface area contributed by atoms with Crippen LogP contribution in [0.1, 0.15) is 40.0 Å². The summed E-state index contributed by atoms with van der Waals surface area (Å²) in [5.41, 5.74) is 1.46. The molecule has 2 N–H and O–H groups in total. The van der Waals surface area contributed by atoms with E-state index in [0.717, 1.165) is 30.9 Å². The fourth-order valence-electron chi connectivity index (χ4n) is 2.18. The highest BCUT2D eigenvalue weighted by atomic mass is 16.2. The zero-order valence-corrected chi connectivity index (χ0v) is 13.8. The third-order valence-corrected chi connectivity index (χ3v) is 3.38. The monoisotopic (exact) mass is 305 g/mol. The molecule has 0 fully saturated rings. The third-order valence-electron chi connectivity index (χ3n) is 3.38. The first kappa shape index (κ1) is 18.2. The highest BCUT2D eigenvalue weighted by molar-refractivity contribution is 5.93. The van der Waals surface area contributed by atoms with Gasteiger partial charge in [-0.3, -0.25) is 14.5 Å². The second kappa shape index (κ2) is 9.95. The number of unbranched alkanes of at least 4 members (excludes halogenated alkanes) is 2. The van der Waals surface area contributed by atoms with Gasteiger partial charge in [0.2, 0.25) is 11.8 Å². The molecule has 0 saturated heterocycles. The maximum Gasteiger partial charge on any atom is 0.238 e. The van der Waals surface area contributed by atoms with Crippen LogP contribution in [0.4, 0.5) is 11.4 Å². The van der Waals surface area contributed by atoms with Crippen LogP contribution in [0.15, 0.2) is 24.3 Å². The zero-order chi connectivity index (χ0) is 16.4. The molecule has 0 aliphatic heterocycles. The predicted octanol–water partition coefficient (Wildman–Crippen LogP) is 3.10. The molecule has 5 heteroatoms. The van der Waals surface area contributed by atoms with Crippen molar-refractivity contribution in [3.63, 3.8) is 0 Å². The van der Waals surface area contributed by atoms with E-state index < -0.39 is 0 Å². The Morgan fingerprint density at radius 1 is 1.00 bits per heavy atom. The van der Waals surface area contributed by atoms with Crippen molar-refractivity contribution in [2.75, 3.05) is 30.3 Å². The van der Waals surface area contributed by atoms with E-state index in [9.17, 15) is 9.59 Å². The molecule has 2 amide bonds. The van der Waals surface area contributed by atoms with E-state index in [1.807, 2.05) is 0 Å². The van der Waals surface area contributed by atoms with Crippen LogP contribution in [0.25, 0.3) is 0 Å². The topological polar surface area (TPSA) is 61.4 Å². The number of hydrogen-bond donors (Lipinski definition) is 2. The molecule has 0 unspecified atom stereocenters. The van der Waals surface area contributed by atoms with Gasteiger partial charge in [0.05, 0.1) is 6.54 Å². The lowest BCUT2D eigenvalue weighted by atomic mass is 10.2. The molecule has 1 aromatic carbocycles. The van der Waals surface area contributed by atoms with Crippen molar-refractivity contribution < 1.29 is 9.59 Å². The molecule has 0 radical (unpaired) electrons. The van der Waals surface area contributed by atoms with E-state index in [0.29, 0.717) is 6.54 Å². The Kier molecular flexibility index (Phi) is 8.22. The van der Waals surface area contributed by atoms with Crippen LogP contribution in [-0.2, 0) is 9.59 Å². The van der Waals surface area contributed by atoms with Crippen LogP contribution >= 0.6 is 0 Å². The smallest absolute Gasteiger partial charge is 0.238 e. The van der Waals surface area contributed by atoms with Crippen LogP contribution in [0.5, 0.6) is 0 Å². The summed E-state index contributed by atoms with van der Waals surface area (Å²) in [5, 5.41) is 5.58. The largest absolute Gasteiger partial charge is 0.326 e. The second-order valence-corrected chi connectivity index (χ2v) is 5.38. The Hall–Kier alpha value is -1.88. The van der Waals surface area contributed by atoms with Crippen molar-refractivity contribution in [2.45, 2.75) is 40.0 Å². The molecular weight excluding hydrogens is 278 g/mol. The maximum atomic E-state index is 12.1. The van der Waals surface area contributed by atoms with Gasteiger partial charge < -0.3 is 10.6 Å². The van der Waals surface area contributed by atoms with Crippen molar-refractivity contribution >= 4 is 23.2 Å². The first-order valence-corrected chi connectivity index (χ1v) is 7.95. The molecule has 0 aliphatic carbocycles. The fourth-order valence-corrected chi connectivity index (χ4v) is 2.18. The second-order valence-electron chi connectivity index (χ2n) is 5.38. The summed E-state index contributed by atoms with van der Waals surface area (Å²) >= 11 is 0. The van der Waals surface area contributed by atoms with Gasteiger partial charge in [0.1, 0.15) is 0 Å². The predicted molar refractivity (Wildman–Crippen MR) is 91.0 cm³/mol. The van der Waals surface area contributed by atoms with Crippen LogP contribution in [0, 0.1) is 0 Å². The number of nitrogens with one attached hydrogen (secondary N) is 2. The zero-order valence-electron chi connectivity index (χ0n) is 13.8. The molecule has 1 aromatic rings. The van der Waals surface area contributed by atoms with Crippen molar-refractivity contribution in [1.82, 2.24) is 4.90 Å². The molecule has 0 bridgehead atoms. The number of nitrogens with zero attached hydrogens (tertiary/aromatic N) is 1.